The average Bonchev–Trinajstić information content (AvgIpc) is 2.77. The standard InChI is InChI=1S/C14H19N3O/c1-11-3-4-12(10-15)9-14(11)18-8-6-13-5-7-16-17(13)2/h3-5,7,9H,6,8,10,15H2,1-2H3. The monoisotopic (exact) mass is 245 g/mol. The molecule has 2 N–H and O–H groups in total. The van der Waals surface area contributed by atoms with Gasteiger partial charge >= 0.3 is 0 Å². The molecule has 0 bridgehead atoms. The first-order valence-electron chi connectivity index (χ1n) is 6.10. The molecule has 0 fully saturated rings. The number of aryl methyl sites for hydroxylation is 2. The van der Waals surface area contributed by atoms with Gasteiger partial charge in [-0.2, -0.15) is 5.10 Å². The van der Waals surface area contributed by atoms with Crippen molar-refractivity contribution in [2.24, 2.45) is 12.8 Å². The summed E-state index contributed by atoms with van der Waals surface area (Å²) < 4.78 is 7.68. The molecular weight excluding hydrogens is 226 g/mol. The Hall–Kier alpha value is -1.81. The lowest BCUT2D eigenvalue weighted by Gasteiger charge is -2.10. The summed E-state index contributed by atoms with van der Waals surface area (Å²) in [5, 5.41) is 4.13. The zero-order valence-electron chi connectivity index (χ0n) is 10.9. The lowest BCUT2D eigenvalue weighted by molar-refractivity contribution is 0.316. The molecular formula is C14H19N3O. The van der Waals surface area contributed by atoms with Crippen LogP contribution in [0.4, 0.5) is 0 Å². The van der Waals surface area contributed by atoms with Crippen LogP contribution in [0.15, 0.2) is 30.5 Å². The van der Waals surface area contributed by atoms with E-state index in [4.69, 9.17) is 10.5 Å². The second-order valence-corrected chi connectivity index (χ2v) is 4.35. The van der Waals surface area contributed by atoms with E-state index < -0.39 is 0 Å². The van der Waals surface area contributed by atoms with Crippen LogP contribution in [0.25, 0.3) is 0 Å². The second-order valence-electron chi connectivity index (χ2n) is 4.35. The minimum atomic E-state index is 0.540. The zero-order valence-corrected chi connectivity index (χ0v) is 10.9. The molecule has 18 heavy (non-hydrogen) atoms. The minimum absolute atomic E-state index is 0.540. The van der Waals surface area contributed by atoms with E-state index in [-0.39, 0.29) is 0 Å². The number of ether oxygens (including phenoxy) is 1. The summed E-state index contributed by atoms with van der Waals surface area (Å²) in [7, 11) is 1.94. The van der Waals surface area contributed by atoms with Crippen LogP contribution in [0.5, 0.6) is 5.75 Å². The summed E-state index contributed by atoms with van der Waals surface area (Å²) in [4.78, 5) is 0. The summed E-state index contributed by atoms with van der Waals surface area (Å²) in [6.45, 7) is 3.23. The molecule has 4 nitrogen and oxygen atoms in total. The van der Waals surface area contributed by atoms with E-state index in [1.54, 1.807) is 6.20 Å². The number of aromatic nitrogens is 2. The highest BCUT2D eigenvalue weighted by Crippen LogP contribution is 2.19. The molecule has 1 heterocycles. The minimum Gasteiger partial charge on any atom is -0.493 e. The number of benzene rings is 1. The molecule has 0 aliphatic carbocycles. The van der Waals surface area contributed by atoms with Gasteiger partial charge in [0.05, 0.1) is 6.61 Å². The van der Waals surface area contributed by atoms with Crippen molar-refractivity contribution in [3.05, 3.63) is 47.3 Å². The van der Waals surface area contributed by atoms with E-state index in [0.717, 1.165) is 23.3 Å². The number of rotatable bonds is 5. The van der Waals surface area contributed by atoms with Gasteiger partial charge in [0.1, 0.15) is 5.75 Å². The van der Waals surface area contributed by atoms with Gasteiger partial charge in [0.15, 0.2) is 0 Å². The molecule has 0 aliphatic rings. The molecule has 0 saturated heterocycles. The Bertz CT molecular complexity index is 520. The van der Waals surface area contributed by atoms with Crippen LogP contribution in [0, 0.1) is 6.92 Å². The Morgan fingerprint density at radius 3 is 2.83 bits per heavy atom. The topological polar surface area (TPSA) is 53.1 Å². The van der Waals surface area contributed by atoms with E-state index >= 15 is 0 Å². The third kappa shape index (κ3) is 2.90. The SMILES string of the molecule is Cc1ccc(CN)cc1OCCc1ccnn1C. The number of hydrogen-bond donors (Lipinski definition) is 1. The van der Waals surface area contributed by atoms with Crippen molar-refractivity contribution in [3.8, 4) is 5.75 Å². The van der Waals surface area contributed by atoms with Gasteiger partial charge in [0.25, 0.3) is 0 Å². The van der Waals surface area contributed by atoms with Gasteiger partial charge < -0.3 is 10.5 Å². The van der Waals surface area contributed by atoms with Crippen molar-refractivity contribution < 1.29 is 4.74 Å². The van der Waals surface area contributed by atoms with Crippen molar-refractivity contribution in [1.29, 1.82) is 0 Å². The van der Waals surface area contributed by atoms with Crippen LogP contribution < -0.4 is 10.5 Å². The summed E-state index contributed by atoms with van der Waals surface area (Å²) in [6.07, 6.45) is 2.65. The molecule has 1 aromatic carbocycles. The summed E-state index contributed by atoms with van der Waals surface area (Å²) in [5.74, 6) is 0.917. The molecule has 4 heteroatoms. The molecule has 96 valence electrons. The largest absolute Gasteiger partial charge is 0.493 e. The van der Waals surface area contributed by atoms with Crippen LogP contribution >= 0.6 is 0 Å². The highest BCUT2D eigenvalue weighted by molar-refractivity contribution is 5.36. The fraction of sp³-hybridized carbons (Fsp3) is 0.357. The fourth-order valence-electron chi connectivity index (χ4n) is 1.84. The number of nitrogens with two attached hydrogens (primary N) is 1. The summed E-state index contributed by atoms with van der Waals surface area (Å²) >= 11 is 0. The van der Waals surface area contributed by atoms with E-state index in [2.05, 4.69) is 5.10 Å². The first-order chi connectivity index (χ1) is 8.70. The van der Waals surface area contributed by atoms with Crippen molar-refractivity contribution in [2.45, 2.75) is 19.9 Å². The van der Waals surface area contributed by atoms with Gasteiger partial charge in [-0.25, -0.2) is 0 Å². The smallest absolute Gasteiger partial charge is 0.122 e. The average molecular weight is 245 g/mol. The number of hydrogen-bond acceptors (Lipinski definition) is 3. The van der Waals surface area contributed by atoms with Crippen molar-refractivity contribution in [1.82, 2.24) is 9.78 Å². The maximum atomic E-state index is 5.81. The molecule has 0 amide bonds. The molecule has 0 spiro atoms. The van der Waals surface area contributed by atoms with Crippen LogP contribution in [-0.4, -0.2) is 16.4 Å². The highest BCUT2D eigenvalue weighted by Gasteiger charge is 2.03. The Kier molecular flexibility index (Phi) is 3.99. The van der Waals surface area contributed by atoms with E-state index in [1.807, 2.05) is 42.9 Å². The van der Waals surface area contributed by atoms with Crippen molar-refractivity contribution in [2.75, 3.05) is 6.61 Å². The maximum absolute atomic E-state index is 5.81. The van der Waals surface area contributed by atoms with Gasteiger partial charge in [0, 0.05) is 31.9 Å². The van der Waals surface area contributed by atoms with E-state index in [1.165, 1.54) is 5.69 Å². The fourth-order valence-corrected chi connectivity index (χ4v) is 1.84. The molecule has 2 aromatic rings. The molecule has 1 aromatic heterocycles. The molecule has 0 saturated carbocycles. The van der Waals surface area contributed by atoms with Crippen molar-refractivity contribution >= 4 is 0 Å². The van der Waals surface area contributed by atoms with Crippen molar-refractivity contribution in [3.63, 3.8) is 0 Å². The van der Waals surface area contributed by atoms with Crippen LogP contribution in [0.3, 0.4) is 0 Å². The van der Waals surface area contributed by atoms with Crippen LogP contribution in [0.2, 0.25) is 0 Å². The van der Waals surface area contributed by atoms with Crippen LogP contribution in [0.1, 0.15) is 16.8 Å². The predicted molar refractivity (Wildman–Crippen MR) is 71.5 cm³/mol. The number of nitrogens with zero attached hydrogens (tertiary/aromatic N) is 2. The van der Waals surface area contributed by atoms with Gasteiger partial charge in [-0.3, -0.25) is 4.68 Å². The first kappa shape index (κ1) is 12.6. The maximum Gasteiger partial charge on any atom is 0.122 e. The zero-order chi connectivity index (χ0) is 13.0. The lowest BCUT2D eigenvalue weighted by atomic mass is 10.1. The van der Waals surface area contributed by atoms with Gasteiger partial charge in [0.2, 0.25) is 0 Å². The summed E-state index contributed by atoms with van der Waals surface area (Å²) in [6, 6.07) is 8.09. The quantitative estimate of drug-likeness (QED) is 0.874. The van der Waals surface area contributed by atoms with Crippen LogP contribution in [-0.2, 0) is 20.0 Å². The molecule has 2 rings (SSSR count). The second kappa shape index (κ2) is 5.69. The Balaban J connectivity index is 1.96. The summed E-state index contributed by atoms with van der Waals surface area (Å²) in [5.41, 5.74) is 9.03. The molecule has 0 aliphatic heterocycles. The molecule has 0 atom stereocenters. The Morgan fingerprint density at radius 1 is 1.33 bits per heavy atom. The first-order valence-corrected chi connectivity index (χ1v) is 6.10. The lowest BCUT2D eigenvalue weighted by Crippen LogP contribution is -2.07. The van der Waals surface area contributed by atoms with Gasteiger partial charge in [-0.05, 0) is 30.2 Å². The third-order valence-electron chi connectivity index (χ3n) is 3.03. The molecule has 0 radical (unpaired) electrons. The van der Waals surface area contributed by atoms with E-state index in [9.17, 15) is 0 Å². The van der Waals surface area contributed by atoms with Gasteiger partial charge in [-0.1, -0.05) is 12.1 Å². The third-order valence-corrected chi connectivity index (χ3v) is 3.03. The Morgan fingerprint density at radius 2 is 2.17 bits per heavy atom. The normalized spacial score (nSPS) is 10.6. The van der Waals surface area contributed by atoms with Gasteiger partial charge in [-0.15, -0.1) is 0 Å². The molecule has 0 unspecified atom stereocenters. The predicted octanol–water partition coefficient (Wildman–Crippen LogP) is 1.81. The Labute approximate surface area is 107 Å². The highest BCUT2D eigenvalue weighted by atomic mass is 16.5. The van der Waals surface area contributed by atoms with E-state index in [0.29, 0.717) is 13.2 Å².